The summed E-state index contributed by atoms with van der Waals surface area (Å²) >= 11 is 0. The standard InChI is InChI=1S/C11H17FN2/c1-4-11(2,3)14-10-7-8(12)5-6-9(10)13/h5-7,14H,4,13H2,1-3H3. The van der Waals surface area contributed by atoms with Crippen molar-refractivity contribution in [3.05, 3.63) is 24.0 Å². The van der Waals surface area contributed by atoms with Crippen LogP contribution in [0.25, 0.3) is 0 Å². The van der Waals surface area contributed by atoms with E-state index in [1.807, 2.05) is 0 Å². The van der Waals surface area contributed by atoms with Crippen molar-refractivity contribution in [1.82, 2.24) is 0 Å². The van der Waals surface area contributed by atoms with Crippen molar-refractivity contribution < 1.29 is 4.39 Å². The van der Waals surface area contributed by atoms with Crippen molar-refractivity contribution in [3.8, 4) is 0 Å². The SMILES string of the molecule is CCC(C)(C)Nc1cc(F)ccc1N. The van der Waals surface area contributed by atoms with Gasteiger partial charge in [-0.15, -0.1) is 0 Å². The monoisotopic (exact) mass is 196 g/mol. The Labute approximate surface area is 84.3 Å². The van der Waals surface area contributed by atoms with E-state index in [0.29, 0.717) is 11.4 Å². The van der Waals surface area contributed by atoms with Gasteiger partial charge in [0.05, 0.1) is 11.4 Å². The number of nitrogens with one attached hydrogen (secondary N) is 1. The molecule has 0 fully saturated rings. The van der Waals surface area contributed by atoms with Crippen LogP contribution in [0.4, 0.5) is 15.8 Å². The Morgan fingerprint density at radius 2 is 2.07 bits per heavy atom. The van der Waals surface area contributed by atoms with E-state index in [-0.39, 0.29) is 11.4 Å². The van der Waals surface area contributed by atoms with Gasteiger partial charge in [0.1, 0.15) is 5.82 Å². The number of rotatable bonds is 3. The summed E-state index contributed by atoms with van der Waals surface area (Å²) in [5.74, 6) is -0.270. The second kappa shape index (κ2) is 3.86. The van der Waals surface area contributed by atoms with Gasteiger partial charge in [0, 0.05) is 5.54 Å². The highest BCUT2D eigenvalue weighted by atomic mass is 19.1. The molecule has 1 aromatic carbocycles. The molecule has 0 aliphatic heterocycles. The van der Waals surface area contributed by atoms with E-state index in [1.54, 1.807) is 6.07 Å². The van der Waals surface area contributed by atoms with Crippen LogP contribution in [0.15, 0.2) is 18.2 Å². The first kappa shape index (κ1) is 10.8. The average molecular weight is 196 g/mol. The van der Waals surface area contributed by atoms with Crippen molar-refractivity contribution in [3.63, 3.8) is 0 Å². The molecule has 0 radical (unpaired) electrons. The van der Waals surface area contributed by atoms with Gasteiger partial charge in [-0.2, -0.15) is 0 Å². The second-order valence-corrected chi connectivity index (χ2v) is 4.09. The molecular weight excluding hydrogens is 179 g/mol. The van der Waals surface area contributed by atoms with Crippen LogP contribution in [0, 0.1) is 5.82 Å². The smallest absolute Gasteiger partial charge is 0.125 e. The fourth-order valence-corrected chi connectivity index (χ4v) is 1.09. The van der Waals surface area contributed by atoms with Crippen LogP contribution in [0.1, 0.15) is 27.2 Å². The quantitative estimate of drug-likeness (QED) is 0.729. The number of nitrogen functional groups attached to an aromatic ring is 1. The molecule has 0 atom stereocenters. The summed E-state index contributed by atoms with van der Waals surface area (Å²) in [6.45, 7) is 6.18. The molecular formula is C11H17FN2. The number of anilines is 2. The van der Waals surface area contributed by atoms with Crippen molar-refractivity contribution in [1.29, 1.82) is 0 Å². The molecule has 0 aliphatic rings. The molecule has 0 saturated heterocycles. The Morgan fingerprint density at radius 3 is 2.64 bits per heavy atom. The van der Waals surface area contributed by atoms with Gasteiger partial charge in [-0.3, -0.25) is 0 Å². The minimum Gasteiger partial charge on any atom is -0.397 e. The summed E-state index contributed by atoms with van der Waals surface area (Å²) in [4.78, 5) is 0. The lowest BCUT2D eigenvalue weighted by molar-refractivity contribution is 0.546. The molecule has 3 N–H and O–H groups in total. The van der Waals surface area contributed by atoms with Crippen LogP contribution in [0.5, 0.6) is 0 Å². The highest BCUT2D eigenvalue weighted by molar-refractivity contribution is 5.66. The van der Waals surface area contributed by atoms with E-state index in [4.69, 9.17) is 5.73 Å². The molecule has 1 rings (SSSR count). The van der Waals surface area contributed by atoms with Crippen LogP contribution in [0.2, 0.25) is 0 Å². The van der Waals surface area contributed by atoms with E-state index in [0.717, 1.165) is 6.42 Å². The number of halogens is 1. The van der Waals surface area contributed by atoms with Crippen molar-refractivity contribution in [2.45, 2.75) is 32.7 Å². The maximum atomic E-state index is 12.9. The van der Waals surface area contributed by atoms with Gasteiger partial charge in [-0.1, -0.05) is 6.92 Å². The van der Waals surface area contributed by atoms with Crippen LogP contribution in [0.3, 0.4) is 0 Å². The first-order valence-electron chi connectivity index (χ1n) is 4.78. The zero-order valence-electron chi connectivity index (χ0n) is 8.89. The number of nitrogens with two attached hydrogens (primary N) is 1. The lowest BCUT2D eigenvalue weighted by Crippen LogP contribution is -2.30. The molecule has 0 heterocycles. The van der Waals surface area contributed by atoms with E-state index >= 15 is 0 Å². The molecule has 0 amide bonds. The van der Waals surface area contributed by atoms with E-state index in [1.165, 1.54) is 12.1 Å². The summed E-state index contributed by atoms with van der Waals surface area (Å²) in [6.07, 6.45) is 0.947. The normalized spacial score (nSPS) is 11.4. The number of benzene rings is 1. The highest BCUT2D eigenvalue weighted by Crippen LogP contribution is 2.24. The number of hydrogen-bond acceptors (Lipinski definition) is 2. The third kappa shape index (κ3) is 2.62. The minimum absolute atomic E-state index is 0.0675. The third-order valence-electron chi connectivity index (χ3n) is 2.37. The molecule has 2 nitrogen and oxygen atoms in total. The Hall–Kier alpha value is -1.25. The summed E-state index contributed by atoms with van der Waals surface area (Å²) in [7, 11) is 0. The van der Waals surface area contributed by atoms with Gasteiger partial charge >= 0.3 is 0 Å². The lowest BCUT2D eigenvalue weighted by atomic mass is 10.0. The fraction of sp³-hybridized carbons (Fsp3) is 0.455. The van der Waals surface area contributed by atoms with Crippen LogP contribution in [-0.2, 0) is 0 Å². The average Bonchev–Trinajstić information content (AvgIpc) is 2.11. The highest BCUT2D eigenvalue weighted by Gasteiger charge is 2.15. The summed E-state index contributed by atoms with van der Waals surface area (Å²) in [6, 6.07) is 4.36. The molecule has 78 valence electrons. The zero-order valence-corrected chi connectivity index (χ0v) is 8.89. The van der Waals surface area contributed by atoms with Crippen LogP contribution < -0.4 is 11.1 Å². The zero-order chi connectivity index (χ0) is 10.8. The van der Waals surface area contributed by atoms with E-state index in [9.17, 15) is 4.39 Å². The maximum absolute atomic E-state index is 12.9. The van der Waals surface area contributed by atoms with Gasteiger partial charge in [-0.05, 0) is 38.5 Å². The van der Waals surface area contributed by atoms with Crippen molar-refractivity contribution >= 4 is 11.4 Å². The van der Waals surface area contributed by atoms with Crippen molar-refractivity contribution in [2.75, 3.05) is 11.1 Å². The molecule has 1 aromatic rings. The summed E-state index contributed by atoms with van der Waals surface area (Å²) < 4.78 is 12.9. The summed E-state index contributed by atoms with van der Waals surface area (Å²) in [5.41, 5.74) is 6.90. The molecule has 0 aromatic heterocycles. The van der Waals surface area contributed by atoms with Gasteiger partial charge in [-0.25, -0.2) is 4.39 Å². The molecule has 0 saturated carbocycles. The molecule has 0 aliphatic carbocycles. The minimum atomic E-state index is -0.270. The Morgan fingerprint density at radius 1 is 1.43 bits per heavy atom. The third-order valence-corrected chi connectivity index (χ3v) is 2.37. The second-order valence-electron chi connectivity index (χ2n) is 4.09. The molecule has 3 heteroatoms. The molecule has 0 spiro atoms. The first-order chi connectivity index (χ1) is 6.44. The molecule has 14 heavy (non-hydrogen) atoms. The fourth-order valence-electron chi connectivity index (χ4n) is 1.09. The van der Waals surface area contributed by atoms with Gasteiger partial charge < -0.3 is 11.1 Å². The Balaban J connectivity index is 2.91. The lowest BCUT2D eigenvalue weighted by Gasteiger charge is -2.26. The van der Waals surface area contributed by atoms with Gasteiger partial charge in [0.15, 0.2) is 0 Å². The Kier molecular flexibility index (Phi) is 2.99. The predicted molar refractivity (Wildman–Crippen MR) is 58.8 cm³/mol. The first-order valence-corrected chi connectivity index (χ1v) is 4.78. The van der Waals surface area contributed by atoms with Crippen LogP contribution >= 0.6 is 0 Å². The number of hydrogen-bond donors (Lipinski definition) is 2. The van der Waals surface area contributed by atoms with Crippen LogP contribution in [-0.4, -0.2) is 5.54 Å². The summed E-state index contributed by atoms with van der Waals surface area (Å²) in [5, 5.41) is 3.21. The van der Waals surface area contributed by atoms with Gasteiger partial charge in [0.25, 0.3) is 0 Å². The van der Waals surface area contributed by atoms with E-state index < -0.39 is 0 Å². The molecule has 0 unspecified atom stereocenters. The van der Waals surface area contributed by atoms with Crippen molar-refractivity contribution in [2.24, 2.45) is 0 Å². The Bertz CT molecular complexity index is 321. The predicted octanol–water partition coefficient (Wildman–Crippen LogP) is 3.01. The molecule has 0 bridgehead atoms. The van der Waals surface area contributed by atoms with Gasteiger partial charge in [0.2, 0.25) is 0 Å². The maximum Gasteiger partial charge on any atom is 0.125 e. The topological polar surface area (TPSA) is 38.0 Å². The largest absolute Gasteiger partial charge is 0.397 e. The van der Waals surface area contributed by atoms with E-state index in [2.05, 4.69) is 26.1 Å².